The van der Waals surface area contributed by atoms with Crippen molar-refractivity contribution in [3.63, 3.8) is 0 Å². The number of aliphatic imine (C=N–C) groups is 1. The molecule has 160 valence electrons. The molecule has 8 heteroatoms. The van der Waals surface area contributed by atoms with Gasteiger partial charge in [0, 0.05) is 44.5 Å². The smallest absolute Gasteiger partial charge is 0.387 e. The monoisotopic (exact) mass is 416 g/mol. The van der Waals surface area contributed by atoms with Gasteiger partial charge in [-0.25, -0.2) is 0 Å². The van der Waals surface area contributed by atoms with Crippen molar-refractivity contribution in [1.82, 2.24) is 10.6 Å². The van der Waals surface area contributed by atoms with Crippen molar-refractivity contribution in [1.29, 1.82) is 0 Å². The second-order valence-electron chi connectivity index (χ2n) is 6.67. The van der Waals surface area contributed by atoms with Gasteiger partial charge in [-0.1, -0.05) is 24.3 Å². The molecule has 0 aliphatic carbocycles. The number of anilines is 1. The zero-order valence-corrected chi connectivity index (χ0v) is 17.1. The van der Waals surface area contributed by atoms with E-state index in [-0.39, 0.29) is 12.3 Å². The van der Waals surface area contributed by atoms with Crippen LogP contribution in [0.25, 0.3) is 0 Å². The van der Waals surface area contributed by atoms with E-state index in [2.05, 4.69) is 61.7 Å². The molecule has 3 rings (SSSR count). The van der Waals surface area contributed by atoms with Gasteiger partial charge in [-0.05, 0) is 35.9 Å². The highest BCUT2D eigenvalue weighted by molar-refractivity contribution is 5.79. The number of rotatable bonds is 8. The number of hydrogen-bond acceptors (Lipinski definition) is 4. The maximum atomic E-state index is 12.7. The van der Waals surface area contributed by atoms with E-state index in [1.807, 2.05) is 0 Å². The second-order valence-corrected chi connectivity index (χ2v) is 6.67. The molecule has 0 spiro atoms. The van der Waals surface area contributed by atoms with Crippen LogP contribution in [0.2, 0.25) is 0 Å². The molecule has 2 aromatic rings. The minimum atomic E-state index is -2.89. The lowest BCUT2D eigenvalue weighted by Gasteiger charge is -2.18. The Bertz CT molecular complexity index is 877. The summed E-state index contributed by atoms with van der Waals surface area (Å²) < 4.78 is 35.1. The lowest BCUT2D eigenvalue weighted by Crippen LogP contribution is -2.36. The summed E-state index contributed by atoms with van der Waals surface area (Å²) in [6.45, 7) is -0.184. The summed E-state index contributed by atoms with van der Waals surface area (Å²) in [5.41, 5.74) is 2.84. The minimum Gasteiger partial charge on any atom is -0.497 e. The second kappa shape index (κ2) is 10.5. The Balaban J connectivity index is 1.56. The molecule has 0 radical (unpaired) electrons. The molecule has 1 aliphatic rings. The van der Waals surface area contributed by atoms with Crippen LogP contribution in [0, 0.1) is 0 Å². The van der Waals surface area contributed by atoms with E-state index in [0.717, 1.165) is 18.7 Å². The van der Waals surface area contributed by atoms with Crippen molar-refractivity contribution in [2.24, 2.45) is 4.99 Å². The number of methoxy groups -OCH3 is 1. The standard InChI is InChI=1S/C22H26F2N4O2/c1-25-22(26-14-16-5-7-18(8-6-16)28-11-3-4-12-28)27-15-17-13-19(29-2)9-10-20(17)30-21(23)24/h3-10,13,21H,11-12,14-15H2,1-2H3,(H2,25,26,27). The Morgan fingerprint density at radius 2 is 1.77 bits per heavy atom. The van der Waals surface area contributed by atoms with Crippen LogP contribution in [0.15, 0.2) is 59.6 Å². The Hall–Kier alpha value is -3.29. The number of halogens is 2. The van der Waals surface area contributed by atoms with Gasteiger partial charge < -0.3 is 25.0 Å². The fourth-order valence-corrected chi connectivity index (χ4v) is 3.13. The molecule has 0 aromatic heterocycles. The van der Waals surface area contributed by atoms with E-state index in [4.69, 9.17) is 4.74 Å². The number of nitrogens with one attached hydrogen (secondary N) is 2. The molecule has 0 saturated heterocycles. The fraction of sp³-hybridized carbons (Fsp3) is 0.318. The average molecular weight is 416 g/mol. The van der Waals surface area contributed by atoms with Gasteiger partial charge in [-0.2, -0.15) is 8.78 Å². The summed E-state index contributed by atoms with van der Waals surface area (Å²) in [7, 11) is 3.17. The minimum absolute atomic E-state index is 0.0979. The first-order chi connectivity index (χ1) is 14.6. The van der Waals surface area contributed by atoms with E-state index >= 15 is 0 Å². The molecule has 0 saturated carbocycles. The summed E-state index contributed by atoms with van der Waals surface area (Å²) in [6.07, 6.45) is 4.32. The van der Waals surface area contributed by atoms with Gasteiger partial charge in [0.1, 0.15) is 11.5 Å². The lowest BCUT2D eigenvalue weighted by atomic mass is 10.2. The highest BCUT2D eigenvalue weighted by atomic mass is 19.3. The zero-order valence-electron chi connectivity index (χ0n) is 17.1. The van der Waals surface area contributed by atoms with E-state index in [0.29, 0.717) is 23.8 Å². The number of alkyl halides is 2. The topological polar surface area (TPSA) is 58.1 Å². The molecular weight excluding hydrogens is 390 g/mol. The summed E-state index contributed by atoms with van der Waals surface area (Å²) in [5, 5.41) is 6.35. The third-order valence-corrected chi connectivity index (χ3v) is 4.73. The van der Waals surface area contributed by atoms with Gasteiger partial charge in [0.05, 0.1) is 7.11 Å². The normalized spacial score (nSPS) is 13.6. The Morgan fingerprint density at radius 3 is 2.40 bits per heavy atom. The van der Waals surface area contributed by atoms with E-state index in [1.54, 1.807) is 19.2 Å². The molecule has 30 heavy (non-hydrogen) atoms. The molecule has 0 amide bonds. The third-order valence-electron chi connectivity index (χ3n) is 4.73. The SMILES string of the molecule is CN=C(NCc1ccc(N2CC=CC2)cc1)NCc1cc(OC)ccc1OC(F)F. The van der Waals surface area contributed by atoms with Crippen LogP contribution in [0.5, 0.6) is 11.5 Å². The zero-order chi connectivity index (χ0) is 21.3. The number of benzene rings is 2. The van der Waals surface area contributed by atoms with Gasteiger partial charge in [-0.3, -0.25) is 4.99 Å². The average Bonchev–Trinajstić information content (AvgIpc) is 3.29. The Morgan fingerprint density at radius 1 is 1.07 bits per heavy atom. The van der Waals surface area contributed by atoms with Crippen molar-refractivity contribution in [2.75, 3.05) is 32.1 Å². The number of ether oxygens (including phenoxy) is 2. The van der Waals surface area contributed by atoms with E-state index in [1.165, 1.54) is 18.9 Å². The van der Waals surface area contributed by atoms with Crippen LogP contribution < -0.4 is 25.0 Å². The largest absolute Gasteiger partial charge is 0.497 e. The molecule has 1 aliphatic heterocycles. The summed E-state index contributed by atoms with van der Waals surface area (Å²) >= 11 is 0. The van der Waals surface area contributed by atoms with Crippen molar-refractivity contribution < 1.29 is 18.3 Å². The number of nitrogens with zero attached hydrogens (tertiary/aromatic N) is 2. The molecule has 1 heterocycles. The van der Waals surface area contributed by atoms with Crippen LogP contribution in [0.1, 0.15) is 11.1 Å². The maximum absolute atomic E-state index is 12.7. The molecule has 0 atom stereocenters. The van der Waals surface area contributed by atoms with Gasteiger partial charge >= 0.3 is 6.61 Å². The number of guanidine groups is 1. The molecular formula is C22H26F2N4O2. The van der Waals surface area contributed by atoms with Gasteiger partial charge in [0.2, 0.25) is 0 Å². The highest BCUT2D eigenvalue weighted by Gasteiger charge is 2.12. The van der Waals surface area contributed by atoms with Crippen LogP contribution in [0.3, 0.4) is 0 Å². The summed E-state index contributed by atoms with van der Waals surface area (Å²) in [5.74, 6) is 1.21. The first-order valence-corrected chi connectivity index (χ1v) is 9.64. The third kappa shape index (κ3) is 5.85. The Labute approximate surface area is 175 Å². The maximum Gasteiger partial charge on any atom is 0.387 e. The van der Waals surface area contributed by atoms with Crippen LogP contribution >= 0.6 is 0 Å². The first kappa shape index (κ1) is 21.4. The number of hydrogen-bond donors (Lipinski definition) is 2. The molecule has 0 fully saturated rings. The van der Waals surface area contributed by atoms with Crippen molar-refractivity contribution in [2.45, 2.75) is 19.7 Å². The summed E-state index contributed by atoms with van der Waals surface area (Å²) in [4.78, 5) is 6.47. The molecule has 6 nitrogen and oxygen atoms in total. The molecule has 0 unspecified atom stereocenters. The molecule has 2 aromatic carbocycles. The van der Waals surface area contributed by atoms with Gasteiger partial charge in [0.15, 0.2) is 5.96 Å². The quantitative estimate of drug-likeness (QED) is 0.392. The molecule has 2 N–H and O–H groups in total. The first-order valence-electron chi connectivity index (χ1n) is 9.64. The van der Waals surface area contributed by atoms with Gasteiger partial charge in [-0.15, -0.1) is 0 Å². The Kier molecular flexibility index (Phi) is 7.48. The van der Waals surface area contributed by atoms with Gasteiger partial charge in [0.25, 0.3) is 0 Å². The molecule has 0 bridgehead atoms. The van der Waals surface area contributed by atoms with Crippen LogP contribution in [-0.4, -0.2) is 39.8 Å². The van der Waals surface area contributed by atoms with Crippen molar-refractivity contribution >= 4 is 11.6 Å². The lowest BCUT2D eigenvalue weighted by molar-refractivity contribution is -0.0504. The fourth-order valence-electron chi connectivity index (χ4n) is 3.13. The summed E-state index contributed by atoms with van der Waals surface area (Å²) in [6, 6.07) is 13.1. The van der Waals surface area contributed by atoms with Crippen LogP contribution in [0.4, 0.5) is 14.5 Å². The highest BCUT2D eigenvalue weighted by Crippen LogP contribution is 2.25. The van der Waals surface area contributed by atoms with E-state index in [9.17, 15) is 8.78 Å². The van der Waals surface area contributed by atoms with Crippen molar-refractivity contribution in [3.05, 3.63) is 65.7 Å². The predicted octanol–water partition coefficient (Wildman–Crippen LogP) is 3.54. The predicted molar refractivity (Wildman–Crippen MR) is 114 cm³/mol. The van der Waals surface area contributed by atoms with Crippen molar-refractivity contribution in [3.8, 4) is 11.5 Å². The van der Waals surface area contributed by atoms with E-state index < -0.39 is 6.61 Å². The van der Waals surface area contributed by atoms with Crippen LogP contribution in [-0.2, 0) is 13.1 Å².